The number of carbonyl (C=O) groups excluding carboxylic acids is 2. The molecule has 1 unspecified atom stereocenters. The van der Waals surface area contributed by atoms with Gasteiger partial charge in [-0.2, -0.15) is 0 Å². The SMILES string of the molecule is COc1ccc(Cl)cc1NC(=O)C(C)OC(=O)c1cc(Cl)ccc1Cl. The number of esters is 1. The molecule has 0 bridgehead atoms. The number of amides is 1. The van der Waals surface area contributed by atoms with E-state index in [0.29, 0.717) is 21.5 Å². The summed E-state index contributed by atoms with van der Waals surface area (Å²) in [5.41, 5.74) is 0.442. The maximum Gasteiger partial charge on any atom is 0.340 e. The van der Waals surface area contributed by atoms with E-state index in [1.54, 1.807) is 18.2 Å². The van der Waals surface area contributed by atoms with Crippen molar-refractivity contribution in [3.05, 3.63) is 57.0 Å². The Morgan fingerprint density at radius 3 is 2.36 bits per heavy atom. The van der Waals surface area contributed by atoms with E-state index in [0.717, 1.165) is 0 Å². The molecule has 0 aliphatic carbocycles. The van der Waals surface area contributed by atoms with Crippen LogP contribution in [0.3, 0.4) is 0 Å². The van der Waals surface area contributed by atoms with E-state index in [9.17, 15) is 9.59 Å². The molecule has 5 nitrogen and oxygen atoms in total. The van der Waals surface area contributed by atoms with Crippen LogP contribution in [0.2, 0.25) is 15.1 Å². The highest BCUT2D eigenvalue weighted by Gasteiger charge is 2.22. The fourth-order valence-corrected chi connectivity index (χ4v) is 2.48. The lowest BCUT2D eigenvalue weighted by Gasteiger charge is -2.16. The van der Waals surface area contributed by atoms with Crippen molar-refractivity contribution >= 4 is 52.4 Å². The maximum absolute atomic E-state index is 12.3. The normalized spacial score (nSPS) is 11.6. The molecule has 0 fully saturated rings. The molecule has 1 atom stereocenters. The van der Waals surface area contributed by atoms with Crippen LogP contribution in [0.1, 0.15) is 17.3 Å². The summed E-state index contributed by atoms with van der Waals surface area (Å²) < 4.78 is 10.3. The highest BCUT2D eigenvalue weighted by Crippen LogP contribution is 2.28. The molecule has 8 heteroatoms. The second-order valence-electron chi connectivity index (χ2n) is 5.01. The van der Waals surface area contributed by atoms with Gasteiger partial charge in [-0.05, 0) is 43.3 Å². The summed E-state index contributed by atoms with van der Waals surface area (Å²) in [5.74, 6) is -0.880. The molecule has 2 aromatic carbocycles. The van der Waals surface area contributed by atoms with Gasteiger partial charge in [-0.15, -0.1) is 0 Å². The van der Waals surface area contributed by atoms with Gasteiger partial charge in [0.1, 0.15) is 5.75 Å². The van der Waals surface area contributed by atoms with Gasteiger partial charge in [-0.25, -0.2) is 4.79 Å². The summed E-state index contributed by atoms with van der Waals surface area (Å²) >= 11 is 17.7. The number of halogens is 3. The number of methoxy groups -OCH3 is 1. The second-order valence-corrected chi connectivity index (χ2v) is 6.29. The number of nitrogens with one attached hydrogen (secondary N) is 1. The molecule has 0 spiro atoms. The van der Waals surface area contributed by atoms with Crippen molar-refractivity contribution in [1.82, 2.24) is 0 Å². The third kappa shape index (κ3) is 5.01. The molecule has 1 N–H and O–H groups in total. The summed E-state index contributed by atoms with van der Waals surface area (Å²) in [4.78, 5) is 24.4. The quantitative estimate of drug-likeness (QED) is 0.727. The van der Waals surface area contributed by atoms with E-state index in [1.807, 2.05) is 0 Å². The molecule has 1 amide bonds. The Morgan fingerprint density at radius 2 is 1.68 bits per heavy atom. The smallest absolute Gasteiger partial charge is 0.340 e. The van der Waals surface area contributed by atoms with Crippen LogP contribution in [0.4, 0.5) is 5.69 Å². The molecule has 0 aliphatic rings. The van der Waals surface area contributed by atoms with Gasteiger partial charge in [-0.3, -0.25) is 4.79 Å². The first kappa shape index (κ1) is 19.4. The summed E-state index contributed by atoms with van der Waals surface area (Å²) in [5, 5.41) is 3.53. The summed E-state index contributed by atoms with van der Waals surface area (Å²) in [6, 6.07) is 9.16. The highest BCUT2D eigenvalue weighted by atomic mass is 35.5. The zero-order chi connectivity index (χ0) is 18.6. The molecule has 25 heavy (non-hydrogen) atoms. The monoisotopic (exact) mass is 401 g/mol. The average Bonchev–Trinajstić information content (AvgIpc) is 2.57. The van der Waals surface area contributed by atoms with Gasteiger partial charge in [0.25, 0.3) is 5.91 Å². The van der Waals surface area contributed by atoms with E-state index >= 15 is 0 Å². The van der Waals surface area contributed by atoms with Crippen molar-refractivity contribution in [1.29, 1.82) is 0 Å². The van der Waals surface area contributed by atoms with Gasteiger partial charge in [-0.1, -0.05) is 34.8 Å². The molecule has 0 radical (unpaired) electrons. The van der Waals surface area contributed by atoms with Crippen LogP contribution < -0.4 is 10.1 Å². The minimum atomic E-state index is -1.08. The molecule has 0 saturated carbocycles. The van der Waals surface area contributed by atoms with E-state index in [1.165, 1.54) is 32.2 Å². The Morgan fingerprint density at radius 1 is 1.04 bits per heavy atom. The number of hydrogen-bond acceptors (Lipinski definition) is 4. The number of rotatable bonds is 5. The van der Waals surface area contributed by atoms with Crippen molar-refractivity contribution in [2.75, 3.05) is 12.4 Å². The van der Waals surface area contributed by atoms with E-state index in [4.69, 9.17) is 44.3 Å². The van der Waals surface area contributed by atoms with Crippen LogP contribution in [0, 0.1) is 0 Å². The Kier molecular flexibility index (Phi) is 6.53. The van der Waals surface area contributed by atoms with Gasteiger partial charge in [0.2, 0.25) is 0 Å². The van der Waals surface area contributed by atoms with Crippen LogP contribution >= 0.6 is 34.8 Å². The first-order valence-corrected chi connectivity index (χ1v) is 8.25. The highest BCUT2D eigenvalue weighted by molar-refractivity contribution is 6.35. The number of hydrogen-bond donors (Lipinski definition) is 1. The van der Waals surface area contributed by atoms with Crippen LogP contribution in [-0.2, 0) is 9.53 Å². The summed E-state index contributed by atoms with van der Waals surface area (Å²) in [6.07, 6.45) is -1.08. The van der Waals surface area contributed by atoms with Crippen LogP contribution in [0.15, 0.2) is 36.4 Å². The topological polar surface area (TPSA) is 64.6 Å². The van der Waals surface area contributed by atoms with Crippen molar-refractivity contribution in [2.24, 2.45) is 0 Å². The lowest BCUT2D eigenvalue weighted by Crippen LogP contribution is -2.30. The van der Waals surface area contributed by atoms with Crippen molar-refractivity contribution in [3.63, 3.8) is 0 Å². The van der Waals surface area contributed by atoms with Crippen molar-refractivity contribution < 1.29 is 19.1 Å². The minimum Gasteiger partial charge on any atom is -0.495 e. The number of carbonyl (C=O) groups is 2. The molecule has 0 aromatic heterocycles. The Labute approximate surface area is 159 Å². The largest absolute Gasteiger partial charge is 0.495 e. The van der Waals surface area contributed by atoms with Crippen LogP contribution in [-0.4, -0.2) is 25.1 Å². The Bertz CT molecular complexity index is 810. The molecule has 0 saturated heterocycles. The first-order valence-electron chi connectivity index (χ1n) is 7.12. The van der Waals surface area contributed by atoms with Gasteiger partial charge in [0.05, 0.1) is 23.4 Å². The predicted octanol–water partition coefficient (Wildman–Crippen LogP) is 4.84. The predicted molar refractivity (Wildman–Crippen MR) is 98.0 cm³/mol. The third-order valence-electron chi connectivity index (χ3n) is 3.22. The summed E-state index contributed by atoms with van der Waals surface area (Å²) in [6.45, 7) is 1.43. The molecular weight excluding hydrogens is 389 g/mol. The number of ether oxygens (including phenoxy) is 2. The van der Waals surface area contributed by atoms with Crippen molar-refractivity contribution in [2.45, 2.75) is 13.0 Å². The van der Waals surface area contributed by atoms with E-state index in [-0.39, 0.29) is 10.6 Å². The van der Waals surface area contributed by atoms with Gasteiger partial charge < -0.3 is 14.8 Å². The van der Waals surface area contributed by atoms with Gasteiger partial charge >= 0.3 is 5.97 Å². The standard InChI is InChI=1S/C17H14Cl3NO4/c1-9(25-17(23)12-7-10(18)3-5-13(12)20)16(22)21-14-8-11(19)4-6-15(14)24-2/h3-9H,1-2H3,(H,21,22). The Balaban J connectivity index is 2.09. The second kappa shape index (κ2) is 8.43. The van der Waals surface area contributed by atoms with Crippen molar-refractivity contribution in [3.8, 4) is 5.75 Å². The summed E-state index contributed by atoms with van der Waals surface area (Å²) in [7, 11) is 1.46. The molecular formula is C17H14Cl3NO4. The molecule has 2 aromatic rings. The number of anilines is 1. The van der Waals surface area contributed by atoms with E-state index < -0.39 is 18.0 Å². The van der Waals surface area contributed by atoms with Gasteiger partial charge in [0, 0.05) is 10.0 Å². The Hall–Kier alpha value is -1.95. The number of benzene rings is 2. The molecule has 0 heterocycles. The fraction of sp³-hybridized carbons (Fsp3) is 0.176. The van der Waals surface area contributed by atoms with Crippen LogP contribution in [0.5, 0.6) is 5.75 Å². The zero-order valence-corrected chi connectivity index (χ0v) is 15.6. The van der Waals surface area contributed by atoms with E-state index in [2.05, 4.69) is 5.32 Å². The third-order valence-corrected chi connectivity index (χ3v) is 4.02. The first-order chi connectivity index (χ1) is 11.8. The van der Waals surface area contributed by atoms with Gasteiger partial charge in [0.15, 0.2) is 6.10 Å². The zero-order valence-electron chi connectivity index (χ0n) is 13.3. The fourth-order valence-electron chi connectivity index (χ4n) is 1.94. The minimum absolute atomic E-state index is 0.0779. The molecule has 2 rings (SSSR count). The molecule has 0 aliphatic heterocycles. The molecule has 132 valence electrons. The lowest BCUT2D eigenvalue weighted by atomic mass is 10.2. The average molecular weight is 403 g/mol. The lowest BCUT2D eigenvalue weighted by molar-refractivity contribution is -0.123. The van der Waals surface area contributed by atoms with Crippen LogP contribution in [0.25, 0.3) is 0 Å². The maximum atomic E-state index is 12.3.